The smallest absolute Gasteiger partial charge is 0.280 e. The van der Waals surface area contributed by atoms with Crippen molar-refractivity contribution in [1.82, 2.24) is 9.55 Å². The Kier molecular flexibility index (Phi) is 4.29. The highest BCUT2D eigenvalue weighted by Gasteiger charge is 2.21. The lowest BCUT2D eigenvalue weighted by Crippen LogP contribution is -2.16. The van der Waals surface area contributed by atoms with E-state index >= 15 is 0 Å². The standard InChI is InChI=1S/C11H17ClN2O3S/c1-2-4-10-13-11(18(12,15)16)8-14(10)7-9-5-3-6-17-9/h8-9H,2-7H2,1H3. The Morgan fingerprint density at radius 2 is 2.39 bits per heavy atom. The SMILES string of the molecule is CCCc1nc(S(=O)(=O)Cl)cn1CC1CCCO1. The highest BCUT2D eigenvalue weighted by atomic mass is 35.7. The monoisotopic (exact) mass is 292 g/mol. The number of halogens is 1. The van der Waals surface area contributed by atoms with E-state index < -0.39 is 9.05 Å². The fourth-order valence-electron chi connectivity index (χ4n) is 2.13. The van der Waals surface area contributed by atoms with Crippen molar-refractivity contribution in [3.63, 3.8) is 0 Å². The Hall–Kier alpha value is -0.590. The molecule has 0 N–H and O–H groups in total. The van der Waals surface area contributed by atoms with Gasteiger partial charge in [0.2, 0.25) is 0 Å². The van der Waals surface area contributed by atoms with E-state index in [0.29, 0.717) is 6.54 Å². The summed E-state index contributed by atoms with van der Waals surface area (Å²) in [7, 11) is 1.57. The average molecular weight is 293 g/mol. The Bertz CT molecular complexity index is 506. The van der Waals surface area contributed by atoms with Crippen LogP contribution < -0.4 is 0 Å². The highest BCUT2D eigenvalue weighted by Crippen LogP contribution is 2.19. The second kappa shape index (κ2) is 5.59. The van der Waals surface area contributed by atoms with Gasteiger partial charge in [-0.25, -0.2) is 13.4 Å². The van der Waals surface area contributed by atoms with Crippen molar-refractivity contribution in [2.24, 2.45) is 0 Å². The van der Waals surface area contributed by atoms with Crippen molar-refractivity contribution in [2.45, 2.75) is 50.3 Å². The molecular weight excluding hydrogens is 276 g/mol. The maximum Gasteiger partial charge on any atom is 0.280 e. The van der Waals surface area contributed by atoms with E-state index in [-0.39, 0.29) is 11.1 Å². The van der Waals surface area contributed by atoms with Crippen LogP contribution in [0.5, 0.6) is 0 Å². The minimum absolute atomic E-state index is 0.0642. The topological polar surface area (TPSA) is 61.2 Å². The van der Waals surface area contributed by atoms with Crippen molar-refractivity contribution in [1.29, 1.82) is 0 Å². The van der Waals surface area contributed by atoms with E-state index in [1.807, 2.05) is 11.5 Å². The van der Waals surface area contributed by atoms with Gasteiger partial charge in [0.25, 0.3) is 9.05 Å². The number of rotatable bonds is 5. The number of hydrogen-bond acceptors (Lipinski definition) is 4. The molecule has 0 spiro atoms. The summed E-state index contributed by atoms with van der Waals surface area (Å²) in [5, 5.41) is -0.0642. The summed E-state index contributed by atoms with van der Waals surface area (Å²) in [5.74, 6) is 0.757. The zero-order valence-corrected chi connectivity index (χ0v) is 11.9. The molecule has 0 bridgehead atoms. The summed E-state index contributed by atoms with van der Waals surface area (Å²) in [6.07, 6.45) is 5.37. The van der Waals surface area contributed by atoms with E-state index in [0.717, 1.165) is 38.1 Å². The van der Waals surface area contributed by atoms with Gasteiger partial charge in [-0.05, 0) is 19.3 Å². The first-order chi connectivity index (χ1) is 8.50. The second-order valence-electron chi connectivity index (χ2n) is 4.47. The molecule has 102 valence electrons. The summed E-state index contributed by atoms with van der Waals surface area (Å²) in [5.41, 5.74) is 0. The fourth-order valence-corrected chi connectivity index (χ4v) is 2.83. The summed E-state index contributed by atoms with van der Waals surface area (Å²) < 4.78 is 30.0. The Balaban J connectivity index is 2.23. The molecule has 2 heterocycles. The fraction of sp³-hybridized carbons (Fsp3) is 0.727. The maximum absolute atomic E-state index is 11.3. The molecule has 0 radical (unpaired) electrons. The van der Waals surface area contributed by atoms with Gasteiger partial charge in [-0.3, -0.25) is 0 Å². The summed E-state index contributed by atoms with van der Waals surface area (Å²) in [4.78, 5) is 4.10. The normalized spacial score (nSPS) is 20.4. The second-order valence-corrected chi connectivity index (χ2v) is 6.98. The Morgan fingerprint density at radius 3 is 2.94 bits per heavy atom. The van der Waals surface area contributed by atoms with Gasteiger partial charge in [-0.2, -0.15) is 0 Å². The predicted molar refractivity (Wildman–Crippen MR) is 68.2 cm³/mol. The van der Waals surface area contributed by atoms with Gasteiger partial charge in [0.15, 0.2) is 5.03 Å². The molecule has 1 aliphatic rings. The maximum atomic E-state index is 11.3. The van der Waals surface area contributed by atoms with Gasteiger partial charge in [0.1, 0.15) is 5.82 Å². The minimum Gasteiger partial charge on any atom is -0.376 e. The number of ether oxygens (including phenoxy) is 1. The minimum atomic E-state index is -3.76. The molecule has 18 heavy (non-hydrogen) atoms. The first-order valence-electron chi connectivity index (χ1n) is 6.13. The third-order valence-electron chi connectivity index (χ3n) is 2.98. The van der Waals surface area contributed by atoms with Crippen LogP contribution in [0.2, 0.25) is 0 Å². The Morgan fingerprint density at radius 1 is 1.61 bits per heavy atom. The molecule has 0 saturated carbocycles. The van der Waals surface area contributed by atoms with Crippen LogP contribution in [0.15, 0.2) is 11.2 Å². The summed E-state index contributed by atoms with van der Waals surface area (Å²) in [6.45, 7) is 3.46. The third-order valence-corrected chi connectivity index (χ3v) is 4.16. The molecule has 1 fully saturated rings. The molecule has 1 saturated heterocycles. The van der Waals surface area contributed by atoms with Crippen molar-refractivity contribution in [3.05, 3.63) is 12.0 Å². The first-order valence-corrected chi connectivity index (χ1v) is 8.44. The molecule has 0 aromatic carbocycles. The van der Waals surface area contributed by atoms with E-state index in [1.54, 1.807) is 0 Å². The molecule has 2 rings (SSSR count). The number of aryl methyl sites for hydroxylation is 1. The Labute approximate surface area is 112 Å². The van der Waals surface area contributed by atoms with Gasteiger partial charge >= 0.3 is 0 Å². The van der Waals surface area contributed by atoms with E-state index in [2.05, 4.69) is 4.98 Å². The van der Waals surface area contributed by atoms with E-state index in [4.69, 9.17) is 15.4 Å². The third kappa shape index (κ3) is 3.24. The average Bonchev–Trinajstić information content (AvgIpc) is 2.89. The van der Waals surface area contributed by atoms with Crippen molar-refractivity contribution in [2.75, 3.05) is 6.61 Å². The van der Waals surface area contributed by atoms with E-state index in [1.165, 1.54) is 6.20 Å². The van der Waals surface area contributed by atoms with Crippen molar-refractivity contribution < 1.29 is 13.2 Å². The van der Waals surface area contributed by atoms with Crippen LogP contribution in [0.3, 0.4) is 0 Å². The van der Waals surface area contributed by atoms with Crippen LogP contribution in [-0.2, 0) is 26.8 Å². The lowest BCUT2D eigenvalue weighted by Gasteiger charge is -2.12. The molecule has 1 unspecified atom stereocenters. The number of hydrogen-bond donors (Lipinski definition) is 0. The molecular formula is C11H17ClN2O3S. The highest BCUT2D eigenvalue weighted by molar-refractivity contribution is 8.13. The summed E-state index contributed by atoms with van der Waals surface area (Å²) >= 11 is 0. The molecule has 0 amide bonds. The van der Waals surface area contributed by atoms with Gasteiger partial charge in [0, 0.05) is 29.9 Å². The van der Waals surface area contributed by atoms with Crippen molar-refractivity contribution in [3.8, 4) is 0 Å². The molecule has 5 nitrogen and oxygen atoms in total. The number of aromatic nitrogens is 2. The zero-order chi connectivity index (χ0) is 13.2. The number of imidazole rings is 1. The number of nitrogens with zero attached hydrogens (tertiary/aromatic N) is 2. The van der Waals surface area contributed by atoms with Crippen LogP contribution in [0.25, 0.3) is 0 Å². The molecule has 1 aliphatic heterocycles. The molecule has 7 heteroatoms. The van der Waals surface area contributed by atoms with Crippen LogP contribution in [0.4, 0.5) is 0 Å². The van der Waals surface area contributed by atoms with Gasteiger partial charge in [-0.15, -0.1) is 0 Å². The van der Waals surface area contributed by atoms with Crippen LogP contribution >= 0.6 is 10.7 Å². The quantitative estimate of drug-likeness (QED) is 0.778. The van der Waals surface area contributed by atoms with Gasteiger partial charge < -0.3 is 9.30 Å². The van der Waals surface area contributed by atoms with Crippen LogP contribution in [0.1, 0.15) is 32.0 Å². The van der Waals surface area contributed by atoms with E-state index in [9.17, 15) is 8.42 Å². The van der Waals surface area contributed by atoms with Gasteiger partial charge in [0.05, 0.1) is 12.6 Å². The molecule has 1 aromatic heterocycles. The molecule has 1 aromatic rings. The first kappa shape index (κ1) is 13.8. The lowest BCUT2D eigenvalue weighted by molar-refractivity contribution is 0.0962. The molecule has 1 atom stereocenters. The van der Waals surface area contributed by atoms with Gasteiger partial charge in [-0.1, -0.05) is 6.92 Å². The predicted octanol–water partition coefficient (Wildman–Crippen LogP) is 1.94. The lowest BCUT2D eigenvalue weighted by atomic mass is 10.2. The largest absolute Gasteiger partial charge is 0.376 e. The zero-order valence-electron chi connectivity index (χ0n) is 10.3. The van der Waals surface area contributed by atoms with Crippen LogP contribution in [-0.4, -0.2) is 30.7 Å². The summed E-state index contributed by atoms with van der Waals surface area (Å²) in [6, 6.07) is 0. The molecule has 0 aliphatic carbocycles. The van der Waals surface area contributed by atoms with Crippen LogP contribution in [0, 0.1) is 0 Å². The van der Waals surface area contributed by atoms with Crippen molar-refractivity contribution >= 4 is 19.7 Å².